The number of hydrogen-bond acceptors (Lipinski definition) is 4. The van der Waals surface area contributed by atoms with Crippen LogP contribution in [0.1, 0.15) is 12.8 Å². The summed E-state index contributed by atoms with van der Waals surface area (Å²) in [5.41, 5.74) is -0.238. The first-order valence-electron chi connectivity index (χ1n) is 8.94. The Morgan fingerprint density at radius 3 is 2.56 bits per heavy atom. The number of nitrogens with zero attached hydrogens (tertiary/aromatic N) is 3. The van der Waals surface area contributed by atoms with Crippen molar-refractivity contribution in [3.8, 4) is 0 Å². The second-order valence-electron chi connectivity index (χ2n) is 7.04. The van der Waals surface area contributed by atoms with E-state index in [0.29, 0.717) is 13.1 Å². The monoisotopic (exact) mass is 402 g/mol. The maximum atomic E-state index is 13.6. The summed E-state index contributed by atoms with van der Waals surface area (Å²) in [4.78, 5) is 15.8. The molecule has 0 bridgehead atoms. The van der Waals surface area contributed by atoms with Crippen molar-refractivity contribution in [2.75, 3.05) is 50.8 Å². The van der Waals surface area contributed by atoms with Crippen LogP contribution in [0.4, 0.5) is 19.3 Å². The highest BCUT2D eigenvalue weighted by molar-refractivity contribution is 7.88. The number of benzene rings is 1. The smallest absolute Gasteiger partial charge is 0.321 e. The average Bonchev–Trinajstić information content (AvgIpc) is 3.05. The molecule has 1 N–H and O–H groups in total. The lowest BCUT2D eigenvalue weighted by molar-refractivity contribution is 0.104. The summed E-state index contributed by atoms with van der Waals surface area (Å²) in [6.07, 6.45) is 3.43. The van der Waals surface area contributed by atoms with Crippen LogP contribution in [-0.2, 0) is 10.0 Å². The third-order valence-electron chi connectivity index (χ3n) is 4.99. The minimum atomic E-state index is -3.40. The van der Waals surface area contributed by atoms with E-state index in [4.69, 9.17) is 0 Å². The lowest BCUT2D eigenvalue weighted by Gasteiger charge is -2.44. The van der Waals surface area contributed by atoms with Crippen LogP contribution >= 0.6 is 0 Å². The molecule has 2 aliphatic heterocycles. The van der Waals surface area contributed by atoms with E-state index in [9.17, 15) is 22.0 Å². The van der Waals surface area contributed by atoms with Crippen LogP contribution in [0, 0.1) is 11.6 Å². The molecule has 1 aromatic rings. The van der Waals surface area contributed by atoms with Gasteiger partial charge in [0.2, 0.25) is 10.0 Å². The summed E-state index contributed by atoms with van der Waals surface area (Å²) < 4.78 is 52.5. The Hall–Kier alpha value is -1.78. The van der Waals surface area contributed by atoms with Gasteiger partial charge in [0.05, 0.1) is 18.0 Å². The van der Waals surface area contributed by atoms with E-state index >= 15 is 0 Å². The topological polar surface area (TPSA) is 73.0 Å². The number of anilines is 1. The van der Waals surface area contributed by atoms with Crippen LogP contribution < -0.4 is 5.32 Å². The molecule has 2 aliphatic rings. The van der Waals surface area contributed by atoms with Crippen molar-refractivity contribution in [2.24, 2.45) is 0 Å². The third kappa shape index (κ3) is 4.94. The zero-order chi connectivity index (χ0) is 19.6. The van der Waals surface area contributed by atoms with E-state index < -0.39 is 27.7 Å². The fourth-order valence-corrected chi connectivity index (χ4v) is 4.54. The van der Waals surface area contributed by atoms with E-state index in [0.717, 1.165) is 44.1 Å². The molecule has 0 unspecified atom stereocenters. The molecular weight excluding hydrogens is 378 g/mol. The molecule has 0 atom stereocenters. The molecule has 0 aromatic heterocycles. The van der Waals surface area contributed by atoms with Gasteiger partial charge in [0, 0.05) is 32.2 Å². The molecule has 0 spiro atoms. The Morgan fingerprint density at radius 2 is 1.93 bits per heavy atom. The summed E-state index contributed by atoms with van der Waals surface area (Å²) in [7, 11) is -3.40. The number of hydrogen-bond donors (Lipinski definition) is 1. The Bertz CT molecular complexity index is 793. The van der Waals surface area contributed by atoms with Crippen LogP contribution in [0.2, 0.25) is 0 Å². The highest BCUT2D eigenvalue weighted by Crippen LogP contribution is 2.21. The summed E-state index contributed by atoms with van der Waals surface area (Å²) >= 11 is 0. The molecule has 7 nitrogen and oxygen atoms in total. The molecule has 10 heteroatoms. The molecule has 0 saturated carbocycles. The first kappa shape index (κ1) is 20.0. The number of carbonyl (C=O) groups is 1. The molecule has 2 heterocycles. The summed E-state index contributed by atoms with van der Waals surface area (Å²) in [6.45, 7) is 3.46. The van der Waals surface area contributed by atoms with Gasteiger partial charge in [-0.05, 0) is 38.1 Å². The number of halogens is 2. The maximum Gasteiger partial charge on any atom is 0.322 e. The zero-order valence-corrected chi connectivity index (χ0v) is 16.0. The van der Waals surface area contributed by atoms with Crippen molar-refractivity contribution < 1.29 is 22.0 Å². The number of rotatable bonds is 6. The average molecular weight is 402 g/mol. The second kappa shape index (κ2) is 8.07. The highest BCUT2D eigenvalue weighted by atomic mass is 32.2. The molecule has 0 aliphatic carbocycles. The number of amides is 2. The van der Waals surface area contributed by atoms with Crippen LogP contribution in [0.3, 0.4) is 0 Å². The SMILES string of the molecule is CS(=O)(=O)N(CCN1CCCC1)C1CN(C(=O)Nc2cc(F)ccc2F)C1. The molecule has 27 heavy (non-hydrogen) atoms. The lowest BCUT2D eigenvalue weighted by atomic mass is 10.1. The van der Waals surface area contributed by atoms with Gasteiger partial charge in [-0.3, -0.25) is 0 Å². The van der Waals surface area contributed by atoms with Gasteiger partial charge in [-0.1, -0.05) is 0 Å². The molecule has 2 fully saturated rings. The summed E-state index contributed by atoms with van der Waals surface area (Å²) in [6, 6.07) is 1.93. The van der Waals surface area contributed by atoms with Gasteiger partial charge in [-0.15, -0.1) is 0 Å². The molecule has 3 rings (SSSR count). The second-order valence-corrected chi connectivity index (χ2v) is 8.97. The molecule has 0 radical (unpaired) electrons. The number of carbonyl (C=O) groups excluding carboxylic acids is 1. The van der Waals surface area contributed by atoms with Crippen molar-refractivity contribution >= 4 is 21.7 Å². The Morgan fingerprint density at radius 1 is 1.26 bits per heavy atom. The van der Waals surface area contributed by atoms with Gasteiger partial charge in [-0.25, -0.2) is 22.0 Å². The van der Waals surface area contributed by atoms with E-state index in [1.165, 1.54) is 15.5 Å². The van der Waals surface area contributed by atoms with E-state index in [2.05, 4.69) is 10.2 Å². The van der Waals surface area contributed by atoms with E-state index in [1.807, 2.05) is 0 Å². The number of nitrogens with one attached hydrogen (secondary N) is 1. The zero-order valence-electron chi connectivity index (χ0n) is 15.2. The van der Waals surface area contributed by atoms with Gasteiger partial charge in [-0.2, -0.15) is 4.31 Å². The van der Waals surface area contributed by atoms with Crippen molar-refractivity contribution in [3.05, 3.63) is 29.8 Å². The maximum absolute atomic E-state index is 13.6. The first-order chi connectivity index (χ1) is 12.7. The standard InChI is InChI=1S/C17H24F2N4O3S/c1-27(25,26)23(9-8-21-6-2-3-7-21)14-11-22(12-14)17(24)20-16-10-13(18)4-5-15(16)19/h4-5,10,14H,2-3,6-9,11-12H2,1H3,(H,20,24). The molecule has 1 aromatic carbocycles. The van der Waals surface area contributed by atoms with Gasteiger partial charge < -0.3 is 15.1 Å². The largest absolute Gasteiger partial charge is 0.322 e. The van der Waals surface area contributed by atoms with Crippen molar-refractivity contribution in [3.63, 3.8) is 0 Å². The predicted octanol–water partition coefficient (Wildman–Crippen LogP) is 1.54. The minimum absolute atomic E-state index is 0.218. The van der Waals surface area contributed by atoms with Gasteiger partial charge in [0.1, 0.15) is 11.6 Å². The normalized spacial score (nSPS) is 18.7. The van der Waals surface area contributed by atoms with E-state index in [-0.39, 0.29) is 24.8 Å². The Kier molecular flexibility index (Phi) is 5.97. The predicted molar refractivity (Wildman–Crippen MR) is 98.0 cm³/mol. The van der Waals surface area contributed by atoms with Crippen molar-refractivity contribution in [2.45, 2.75) is 18.9 Å². The molecular formula is C17H24F2N4O3S. The fraction of sp³-hybridized carbons (Fsp3) is 0.588. The quantitative estimate of drug-likeness (QED) is 0.784. The van der Waals surface area contributed by atoms with E-state index in [1.54, 1.807) is 0 Å². The van der Waals surface area contributed by atoms with Gasteiger partial charge >= 0.3 is 6.03 Å². The number of likely N-dealkylation sites (tertiary alicyclic amines) is 2. The lowest BCUT2D eigenvalue weighted by Crippen LogP contribution is -2.63. The van der Waals surface area contributed by atoms with Crippen LogP contribution in [0.5, 0.6) is 0 Å². The number of urea groups is 1. The summed E-state index contributed by atoms with van der Waals surface area (Å²) in [5, 5.41) is 2.32. The third-order valence-corrected chi connectivity index (χ3v) is 6.32. The van der Waals surface area contributed by atoms with Crippen LogP contribution in [0.15, 0.2) is 18.2 Å². The molecule has 2 amide bonds. The molecule has 2 saturated heterocycles. The van der Waals surface area contributed by atoms with Crippen LogP contribution in [-0.4, -0.2) is 80.1 Å². The van der Waals surface area contributed by atoms with Gasteiger partial charge in [0.25, 0.3) is 0 Å². The minimum Gasteiger partial charge on any atom is -0.321 e. The Balaban J connectivity index is 1.55. The Labute approximate surface area is 158 Å². The van der Waals surface area contributed by atoms with Crippen LogP contribution in [0.25, 0.3) is 0 Å². The molecule has 150 valence electrons. The van der Waals surface area contributed by atoms with Crippen molar-refractivity contribution in [1.29, 1.82) is 0 Å². The summed E-state index contributed by atoms with van der Waals surface area (Å²) in [5.74, 6) is -1.39. The van der Waals surface area contributed by atoms with Gasteiger partial charge in [0.15, 0.2) is 0 Å². The van der Waals surface area contributed by atoms with Crippen molar-refractivity contribution in [1.82, 2.24) is 14.1 Å². The first-order valence-corrected chi connectivity index (χ1v) is 10.8. The fourth-order valence-electron chi connectivity index (χ4n) is 3.46. The highest BCUT2D eigenvalue weighted by Gasteiger charge is 2.39. The number of sulfonamides is 1.